The molecule has 1 rings (SSSR count). The Morgan fingerprint density at radius 2 is 2.25 bits per heavy atom. The molecule has 0 bridgehead atoms. The highest BCUT2D eigenvalue weighted by atomic mass is 16.1. The Bertz CT molecular complexity index is 442. The number of rotatable bonds is 4. The molecular formula is C12H17N3O. The average molecular weight is 219 g/mol. The largest absolute Gasteiger partial charge is 0.352 e. The average Bonchev–Trinajstić information content (AvgIpc) is 2.23. The first-order valence-corrected chi connectivity index (χ1v) is 5.32. The summed E-state index contributed by atoms with van der Waals surface area (Å²) in [6, 6.07) is -0.199. The van der Waals surface area contributed by atoms with Gasteiger partial charge < -0.3 is 9.88 Å². The Kier molecular flexibility index (Phi) is 4.12. The van der Waals surface area contributed by atoms with Gasteiger partial charge in [0.15, 0.2) is 5.82 Å². The van der Waals surface area contributed by atoms with E-state index >= 15 is 0 Å². The van der Waals surface area contributed by atoms with Crippen molar-refractivity contribution in [2.45, 2.75) is 33.4 Å². The smallest absolute Gasteiger partial charge is 0.293 e. The molecule has 1 N–H and O–H groups in total. The molecule has 1 atom stereocenters. The van der Waals surface area contributed by atoms with Crippen molar-refractivity contribution in [3.8, 4) is 12.3 Å². The first-order chi connectivity index (χ1) is 7.54. The second kappa shape index (κ2) is 5.36. The lowest BCUT2D eigenvalue weighted by Gasteiger charge is -2.11. The van der Waals surface area contributed by atoms with Crippen LogP contribution in [0.25, 0.3) is 0 Å². The summed E-state index contributed by atoms with van der Waals surface area (Å²) in [6.07, 6.45) is 8.53. The van der Waals surface area contributed by atoms with Gasteiger partial charge >= 0.3 is 0 Å². The standard InChI is InChI=1S/C12H17N3O/c1-5-10(4)14-11-12(16)15(7-6-13-11)8-9(2)3/h1,6-7,9-10H,8H2,2-4H3,(H,13,14). The zero-order valence-electron chi connectivity index (χ0n) is 9.90. The summed E-state index contributed by atoms with van der Waals surface area (Å²) in [5, 5.41) is 2.89. The lowest BCUT2D eigenvalue weighted by molar-refractivity contribution is 0.509. The second-order valence-electron chi connectivity index (χ2n) is 4.16. The Morgan fingerprint density at radius 3 is 2.81 bits per heavy atom. The number of aromatic nitrogens is 2. The Morgan fingerprint density at radius 1 is 1.56 bits per heavy atom. The Hall–Kier alpha value is -1.76. The van der Waals surface area contributed by atoms with Crippen LogP contribution in [0.3, 0.4) is 0 Å². The van der Waals surface area contributed by atoms with Crippen molar-refractivity contribution >= 4 is 5.82 Å². The van der Waals surface area contributed by atoms with Gasteiger partial charge in [-0.1, -0.05) is 19.8 Å². The topological polar surface area (TPSA) is 46.9 Å². The number of nitrogens with zero attached hydrogens (tertiary/aromatic N) is 2. The maximum Gasteiger partial charge on any atom is 0.293 e. The third kappa shape index (κ3) is 3.13. The number of terminal acetylenes is 1. The van der Waals surface area contributed by atoms with E-state index in [1.165, 1.54) is 0 Å². The molecule has 0 aromatic carbocycles. The van der Waals surface area contributed by atoms with E-state index in [0.717, 1.165) is 0 Å². The van der Waals surface area contributed by atoms with E-state index in [1.54, 1.807) is 23.9 Å². The van der Waals surface area contributed by atoms with Crippen LogP contribution in [-0.2, 0) is 6.54 Å². The predicted octanol–water partition coefficient (Wildman–Crippen LogP) is 1.33. The summed E-state index contributed by atoms with van der Waals surface area (Å²) in [5.41, 5.74) is -0.127. The highest BCUT2D eigenvalue weighted by Gasteiger charge is 2.07. The van der Waals surface area contributed by atoms with Crippen LogP contribution in [0.1, 0.15) is 20.8 Å². The lowest BCUT2D eigenvalue weighted by atomic mass is 10.2. The molecule has 0 amide bonds. The van der Waals surface area contributed by atoms with Crippen LogP contribution in [0.5, 0.6) is 0 Å². The van der Waals surface area contributed by atoms with Gasteiger partial charge in [-0.05, 0) is 12.8 Å². The van der Waals surface area contributed by atoms with Gasteiger partial charge in [-0.2, -0.15) is 0 Å². The number of hydrogen-bond acceptors (Lipinski definition) is 3. The normalized spacial score (nSPS) is 12.2. The maximum absolute atomic E-state index is 11.9. The summed E-state index contributed by atoms with van der Waals surface area (Å²) in [5.74, 6) is 3.23. The summed E-state index contributed by atoms with van der Waals surface area (Å²) in [7, 11) is 0. The van der Waals surface area contributed by atoms with Crippen LogP contribution in [0.2, 0.25) is 0 Å². The molecule has 4 nitrogen and oxygen atoms in total. The van der Waals surface area contributed by atoms with Gasteiger partial charge in [-0.25, -0.2) is 4.98 Å². The van der Waals surface area contributed by atoms with Crippen molar-refractivity contribution in [2.24, 2.45) is 5.92 Å². The molecule has 4 heteroatoms. The van der Waals surface area contributed by atoms with E-state index in [4.69, 9.17) is 6.42 Å². The van der Waals surface area contributed by atoms with Crippen LogP contribution < -0.4 is 10.9 Å². The second-order valence-corrected chi connectivity index (χ2v) is 4.16. The fraction of sp³-hybridized carbons (Fsp3) is 0.500. The fourth-order valence-corrected chi connectivity index (χ4v) is 1.33. The quantitative estimate of drug-likeness (QED) is 0.777. The molecule has 0 aliphatic rings. The van der Waals surface area contributed by atoms with E-state index in [9.17, 15) is 4.79 Å². The minimum absolute atomic E-state index is 0.127. The van der Waals surface area contributed by atoms with E-state index in [-0.39, 0.29) is 11.6 Å². The summed E-state index contributed by atoms with van der Waals surface area (Å²) < 4.78 is 1.64. The molecule has 1 aromatic rings. The minimum Gasteiger partial charge on any atom is -0.352 e. The third-order valence-corrected chi connectivity index (χ3v) is 2.08. The molecule has 0 radical (unpaired) electrons. The zero-order chi connectivity index (χ0) is 12.1. The molecule has 1 unspecified atom stereocenters. The van der Waals surface area contributed by atoms with E-state index in [1.807, 2.05) is 0 Å². The van der Waals surface area contributed by atoms with E-state index in [0.29, 0.717) is 18.3 Å². The maximum atomic E-state index is 11.9. The van der Waals surface area contributed by atoms with E-state index in [2.05, 4.69) is 30.1 Å². The van der Waals surface area contributed by atoms with Crippen LogP contribution >= 0.6 is 0 Å². The van der Waals surface area contributed by atoms with Gasteiger partial charge in [0, 0.05) is 18.9 Å². The summed E-state index contributed by atoms with van der Waals surface area (Å²) in [4.78, 5) is 15.9. The van der Waals surface area contributed by atoms with Gasteiger partial charge in [-0.3, -0.25) is 4.79 Å². The molecule has 0 saturated carbocycles. The van der Waals surface area contributed by atoms with Crippen LogP contribution in [0.4, 0.5) is 5.82 Å². The minimum atomic E-state index is -0.199. The van der Waals surface area contributed by atoms with Gasteiger partial charge in [-0.15, -0.1) is 6.42 Å². The highest BCUT2D eigenvalue weighted by Crippen LogP contribution is 1.99. The van der Waals surface area contributed by atoms with Crippen molar-refractivity contribution in [2.75, 3.05) is 5.32 Å². The lowest BCUT2D eigenvalue weighted by Crippen LogP contribution is -2.28. The fourth-order valence-electron chi connectivity index (χ4n) is 1.33. The van der Waals surface area contributed by atoms with Crippen LogP contribution in [-0.4, -0.2) is 15.6 Å². The number of anilines is 1. The number of hydrogen-bond donors (Lipinski definition) is 1. The molecule has 1 aromatic heterocycles. The third-order valence-electron chi connectivity index (χ3n) is 2.08. The number of nitrogens with one attached hydrogen (secondary N) is 1. The van der Waals surface area contributed by atoms with Crippen molar-refractivity contribution < 1.29 is 0 Å². The van der Waals surface area contributed by atoms with Crippen molar-refractivity contribution in [3.63, 3.8) is 0 Å². The van der Waals surface area contributed by atoms with Crippen molar-refractivity contribution in [3.05, 3.63) is 22.7 Å². The predicted molar refractivity (Wildman–Crippen MR) is 65.3 cm³/mol. The van der Waals surface area contributed by atoms with Gasteiger partial charge in [0.05, 0.1) is 6.04 Å². The molecule has 0 aliphatic heterocycles. The van der Waals surface area contributed by atoms with Gasteiger partial charge in [0.1, 0.15) is 0 Å². The Balaban J connectivity index is 2.96. The van der Waals surface area contributed by atoms with Crippen molar-refractivity contribution in [1.29, 1.82) is 0 Å². The van der Waals surface area contributed by atoms with Crippen LogP contribution in [0, 0.1) is 18.3 Å². The molecule has 0 fully saturated rings. The first kappa shape index (κ1) is 12.3. The molecule has 86 valence electrons. The monoisotopic (exact) mass is 219 g/mol. The van der Waals surface area contributed by atoms with E-state index < -0.39 is 0 Å². The zero-order valence-corrected chi connectivity index (χ0v) is 9.90. The molecule has 0 saturated heterocycles. The molecule has 16 heavy (non-hydrogen) atoms. The first-order valence-electron chi connectivity index (χ1n) is 5.32. The van der Waals surface area contributed by atoms with Gasteiger partial charge in [0.25, 0.3) is 5.56 Å². The molecule has 0 spiro atoms. The van der Waals surface area contributed by atoms with Gasteiger partial charge in [0.2, 0.25) is 0 Å². The van der Waals surface area contributed by atoms with Crippen molar-refractivity contribution in [1.82, 2.24) is 9.55 Å². The summed E-state index contributed by atoms with van der Waals surface area (Å²) >= 11 is 0. The SMILES string of the molecule is C#CC(C)Nc1nccn(CC(C)C)c1=O. The highest BCUT2D eigenvalue weighted by molar-refractivity contribution is 5.34. The Labute approximate surface area is 95.7 Å². The summed E-state index contributed by atoms with van der Waals surface area (Å²) in [6.45, 7) is 6.61. The molecule has 1 heterocycles. The molecule has 0 aliphatic carbocycles. The van der Waals surface area contributed by atoms with Crippen LogP contribution in [0.15, 0.2) is 17.2 Å². The molecular weight excluding hydrogens is 202 g/mol.